The van der Waals surface area contributed by atoms with Crippen molar-refractivity contribution in [1.82, 2.24) is 5.32 Å². The second-order valence-corrected chi connectivity index (χ2v) is 5.34. The normalized spacial score (nSPS) is 21.4. The van der Waals surface area contributed by atoms with Crippen LogP contribution in [0.2, 0.25) is 0 Å². The Bertz CT molecular complexity index is 160. The van der Waals surface area contributed by atoms with E-state index < -0.39 is 0 Å². The van der Waals surface area contributed by atoms with Crippen molar-refractivity contribution in [3.05, 3.63) is 0 Å². The average Bonchev–Trinajstić information content (AvgIpc) is 2.57. The zero-order valence-electron chi connectivity index (χ0n) is 9.97. The van der Waals surface area contributed by atoms with Crippen molar-refractivity contribution in [2.45, 2.75) is 52.0 Å². The predicted molar refractivity (Wildman–Crippen MR) is 62.3 cm³/mol. The zero-order chi connectivity index (χ0) is 10.6. The van der Waals surface area contributed by atoms with Crippen molar-refractivity contribution in [2.75, 3.05) is 13.6 Å². The molecule has 1 aliphatic carbocycles. The summed E-state index contributed by atoms with van der Waals surface area (Å²) in [5, 5.41) is 3.51. The monoisotopic (exact) mass is 198 g/mol. The van der Waals surface area contributed by atoms with E-state index in [9.17, 15) is 0 Å². The Morgan fingerprint density at radius 2 is 1.93 bits per heavy atom. The minimum Gasteiger partial charge on any atom is -0.330 e. The molecule has 0 radical (unpaired) electrons. The smallest absolute Gasteiger partial charge is 0.0144 e. The minimum atomic E-state index is 0.346. The van der Waals surface area contributed by atoms with Crippen LogP contribution in [-0.2, 0) is 0 Å². The van der Waals surface area contributed by atoms with Crippen molar-refractivity contribution < 1.29 is 0 Å². The number of nitrogens with two attached hydrogens (primary N) is 1. The molecule has 1 fully saturated rings. The lowest BCUT2D eigenvalue weighted by molar-refractivity contribution is 0.173. The van der Waals surface area contributed by atoms with Crippen LogP contribution >= 0.6 is 0 Å². The van der Waals surface area contributed by atoms with Crippen molar-refractivity contribution in [3.63, 3.8) is 0 Å². The fourth-order valence-corrected chi connectivity index (χ4v) is 3.08. The lowest BCUT2D eigenvalue weighted by atomic mass is 9.74. The Balaban J connectivity index is 2.58. The Labute approximate surface area is 88.6 Å². The van der Waals surface area contributed by atoms with Gasteiger partial charge in [-0.25, -0.2) is 0 Å². The highest BCUT2D eigenvalue weighted by atomic mass is 14.9. The molecule has 0 saturated heterocycles. The molecule has 0 aromatic carbocycles. The predicted octanol–water partition coefficient (Wildman–Crippen LogP) is 2.14. The van der Waals surface area contributed by atoms with E-state index in [1.807, 2.05) is 0 Å². The summed E-state index contributed by atoms with van der Waals surface area (Å²) in [7, 11) is 2.10. The van der Waals surface area contributed by atoms with E-state index in [-0.39, 0.29) is 0 Å². The fraction of sp³-hybridized carbons (Fsp3) is 1.00. The molecular formula is C12H26N2. The molecule has 0 aliphatic heterocycles. The molecule has 1 unspecified atom stereocenters. The maximum atomic E-state index is 5.68. The summed E-state index contributed by atoms with van der Waals surface area (Å²) in [4.78, 5) is 0. The third-order valence-corrected chi connectivity index (χ3v) is 3.81. The molecule has 0 aromatic heterocycles. The maximum Gasteiger partial charge on any atom is 0.0144 e. The Hall–Kier alpha value is -0.0800. The molecule has 14 heavy (non-hydrogen) atoms. The number of hydrogen-bond acceptors (Lipinski definition) is 2. The molecule has 84 valence electrons. The molecule has 1 rings (SSSR count). The lowest BCUT2D eigenvalue weighted by Crippen LogP contribution is -2.45. The molecule has 3 N–H and O–H groups in total. The van der Waals surface area contributed by atoms with Crippen LogP contribution in [0.1, 0.15) is 46.0 Å². The van der Waals surface area contributed by atoms with Crippen LogP contribution in [0.4, 0.5) is 0 Å². The summed E-state index contributed by atoms with van der Waals surface area (Å²) < 4.78 is 0. The van der Waals surface area contributed by atoms with E-state index in [0.29, 0.717) is 11.5 Å². The summed E-state index contributed by atoms with van der Waals surface area (Å²) in [6.45, 7) is 5.50. The van der Waals surface area contributed by atoms with Gasteiger partial charge in [-0.1, -0.05) is 26.7 Å². The molecule has 0 bridgehead atoms. The van der Waals surface area contributed by atoms with Gasteiger partial charge in [-0.05, 0) is 44.2 Å². The topological polar surface area (TPSA) is 38.0 Å². The first-order chi connectivity index (χ1) is 6.61. The third-order valence-electron chi connectivity index (χ3n) is 3.81. The maximum absolute atomic E-state index is 5.68. The van der Waals surface area contributed by atoms with Crippen LogP contribution in [0.3, 0.4) is 0 Å². The highest BCUT2D eigenvalue weighted by molar-refractivity contribution is 4.90. The van der Waals surface area contributed by atoms with Crippen LogP contribution in [0.5, 0.6) is 0 Å². The number of nitrogens with one attached hydrogen (secondary N) is 1. The highest BCUT2D eigenvalue weighted by Crippen LogP contribution is 2.37. The number of rotatable bonds is 5. The summed E-state index contributed by atoms with van der Waals surface area (Å²) >= 11 is 0. The van der Waals surface area contributed by atoms with Crippen molar-refractivity contribution in [1.29, 1.82) is 0 Å². The van der Waals surface area contributed by atoms with Crippen LogP contribution in [0.15, 0.2) is 0 Å². The first-order valence-corrected chi connectivity index (χ1v) is 5.99. The van der Waals surface area contributed by atoms with Crippen molar-refractivity contribution in [2.24, 2.45) is 17.1 Å². The highest BCUT2D eigenvalue weighted by Gasteiger charge is 2.35. The van der Waals surface area contributed by atoms with E-state index in [0.717, 1.165) is 18.9 Å². The molecule has 0 amide bonds. The molecule has 1 saturated carbocycles. The molecule has 1 aliphatic rings. The molecule has 2 heteroatoms. The van der Waals surface area contributed by atoms with E-state index in [2.05, 4.69) is 26.2 Å². The Morgan fingerprint density at radius 1 is 1.36 bits per heavy atom. The summed E-state index contributed by atoms with van der Waals surface area (Å²) in [5.74, 6) is 0.876. The average molecular weight is 198 g/mol. The van der Waals surface area contributed by atoms with E-state index >= 15 is 0 Å². The largest absolute Gasteiger partial charge is 0.330 e. The third kappa shape index (κ3) is 2.71. The van der Waals surface area contributed by atoms with Gasteiger partial charge in [0.25, 0.3) is 0 Å². The lowest BCUT2D eigenvalue weighted by Gasteiger charge is -2.38. The van der Waals surface area contributed by atoms with Gasteiger partial charge in [-0.3, -0.25) is 0 Å². The van der Waals surface area contributed by atoms with Gasteiger partial charge in [-0.2, -0.15) is 0 Å². The van der Waals surface area contributed by atoms with Gasteiger partial charge < -0.3 is 11.1 Å². The molecule has 2 nitrogen and oxygen atoms in total. The second-order valence-electron chi connectivity index (χ2n) is 5.34. The Morgan fingerprint density at radius 3 is 2.36 bits per heavy atom. The fourth-order valence-electron chi connectivity index (χ4n) is 3.08. The first kappa shape index (κ1) is 12.0. The molecule has 0 heterocycles. The van der Waals surface area contributed by atoms with Gasteiger partial charge in [-0.15, -0.1) is 0 Å². The summed E-state index contributed by atoms with van der Waals surface area (Å²) in [6.07, 6.45) is 6.76. The van der Waals surface area contributed by atoms with Gasteiger partial charge in [0.05, 0.1) is 0 Å². The van der Waals surface area contributed by atoms with Gasteiger partial charge in [0.1, 0.15) is 0 Å². The van der Waals surface area contributed by atoms with Crippen LogP contribution < -0.4 is 11.1 Å². The SMILES string of the molecule is CNC(C1CCCC1)C(C)(C)CCN. The summed E-state index contributed by atoms with van der Waals surface area (Å²) in [5.41, 5.74) is 6.02. The van der Waals surface area contributed by atoms with Gasteiger partial charge in [0.2, 0.25) is 0 Å². The van der Waals surface area contributed by atoms with E-state index in [4.69, 9.17) is 5.73 Å². The van der Waals surface area contributed by atoms with Crippen molar-refractivity contribution >= 4 is 0 Å². The molecule has 0 aromatic rings. The van der Waals surface area contributed by atoms with Crippen molar-refractivity contribution in [3.8, 4) is 0 Å². The summed E-state index contributed by atoms with van der Waals surface area (Å²) in [6, 6.07) is 0.647. The molecule has 1 atom stereocenters. The van der Waals surface area contributed by atoms with Crippen LogP contribution in [0.25, 0.3) is 0 Å². The quantitative estimate of drug-likeness (QED) is 0.710. The Kier molecular flexibility index (Phi) is 4.39. The molecule has 0 spiro atoms. The number of hydrogen-bond donors (Lipinski definition) is 2. The van der Waals surface area contributed by atoms with E-state index in [1.54, 1.807) is 0 Å². The van der Waals surface area contributed by atoms with Crippen LogP contribution in [0, 0.1) is 11.3 Å². The van der Waals surface area contributed by atoms with Gasteiger partial charge >= 0.3 is 0 Å². The second kappa shape index (κ2) is 5.13. The molecular weight excluding hydrogens is 172 g/mol. The van der Waals surface area contributed by atoms with Crippen LogP contribution in [-0.4, -0.2) is 19.6 Å². The zero-order valence-corrected chi connectivity index (χ0v) is 9.97. The van der Waals surface area contributed by atoms with Gasteiger partial charge in [0.15, 0.2) is 0 Å². The minimum absolute atomic E-state index is 0.346. The standard InChI is InChI=1S/C12H26N2/c1-12(2,8-9-13)11(14-3)10-6-4-5-7-10/h10-11,14H,4-9,13H2,1-3H3. The van der Waals surface area contributed by atoms with Gasteiger partial charge in [0, 0.05) is 6.04 Å². The first-order valence-electron chi connectivity index (χ1n) is 5.99. The van der Waals surface area contributed by atoms with E-state index in [1.165, 1.54) is 25.7 Å².